The third kappa shape index (κ3) is 3.67. The van der Waals surface area contributed by atoms with Gasteiger partial charge in [-0.3, -0.25) is 20.2 Å². The van der Waals surface area contributed by atoms with Crippen LogP contribution in [0, 0.1) is 34.1 Å². The van der Waals surface area contributed by atoms with E-state index in [1.54, 1.807) is 19.9 Å². The van der Waals surface area contributed by atoms with Gasteiger partial charge in [-0.15, -0.1) is 0 Å². The summed E-state index contributed by atoms with van der Waals surface area (Å²) in [5, 5.41) is 23.6. The monoisotopic (exact) mass is 390 g/mol. The van der Waals surface area contributed by atoms with Gasteiger partial charge >= 0.3 is 17.6 Å². The smallest absolute Gasteiger partial charge is 0.329 e. The van der Waals surface area contributed by atoms with E-state index in [1.807, 2.05) is 0 Å². The zero-order valence-electron chi connectivity index (χ0n) is 13.2. The van der Waals surface area contributed by atoms with Gasteiger partial charge in [0.2, 0.25) is 0 Å². The highest BCUT2D eigenvalue weighted by Crippen LogP contribution is 2.48. The Bertz CT molecular complexity index is 918. The highest BCUT2D eigenvalue weighted by molar-refractivity contribution is 6.34. The summed E-state index contributed by atoms with van der Waals surface area (Å²) in [4.78, 5) is 24.1. The van der Waals surface area contributed by atoms with Crippen LogP contribution in [0.25, 0.3) is 0 Å². The second-order valence-electron chi connectivity index (χ2n) is 5.30. The maximum Gasteiger partial charge on any atom is 0.418 e. The van der Waals surface area contributed by atoms with Gasteiger partial charge in [-0.1, -0.05) is 17.7 Å². The van der Waals surface area contributed by atoms with Gasteiger partial charge in [0.05, 0.1) is 15.4 Å². The summed E-state index contributed by atoms with van der Waals surface area (Å²) in [6.45, 7) is 3.30. The van der Waals surface area contributed by atoms with Gasteiger partial charge in [-0.2, -0.15) is 13.2 Å². The number of nitrogens with one attached hydrogen (secondary N) is 1. The van der Waals surface area contributed by atoms with E-state index in [4.69, 9.17) is 11.6 Å². The second-order valence-corrected chi connectivity index (χ2v) is 5.67. The van der Waals surface area contributed by atoms with Crippen molar-refractivity contribution >= 4 is 34.5 Å². The summed E-state index contributed by atoms with van der Waals surface area (Å²) in [7, 11) is 0. The molecule has 0 aliphatic carbocycles. The minimum atomic E-state index is -5.11. The Morgan fingerprint density at radius 3 is 2.23 bits per heavy atom. The normalized spacial score (nSPS) is 11.3. The lowest BCUT2D eigenvalue weighted by molar-refractivity contribution is -0.392. The van der Waals surface area contributed by atoms with Gasteiger partial charge in [0.15, 0.2) is 5.69 Å². The molecule has 0 saturated heterocycles. The predicted octanol–water partition coefficient (Wildman–Crippen LogP) is 4.93. The Morgan fingerprint density at radius 1 is 1.15 bits per heavy atom. The van der Waals surface area contributed by atoms with E-state index in [2.05, 4.69) is 10.3 Å². The lowest BCUT2D eigenvalue weighted by Crippen LogP contribution is -2.11. The van der Waals surface area contributed by atoms with Crippen molar-refractivity contribution in [2.75, 3.05) is 5.32 Å². The number of nitrogens with zero attached hydrogens (tertiary/aromatic N) is 3. The van der Waals surface area contributed by atoms with Crippen LogP contribution in [-0.4, -0.2) is 14.8 Å². The number of aryl methyl sites for hydroxylation is 2. The molecular weight excluding hydrogens is 381 g/mol. The Morgan fingerprint density at radius 2 is 1.77 bits per heavy atom. The minimum Gasteiger partial charge on any atom is -0.329 e. The average Bonchev–Trinajstić information content (AvgIpc) is 2.48. The molecule has 0 aliphatic rings. The fourth-order valence-electron chi connectivity index (χ4n) is 2.24. The Labute approximate surface area is 148 Å². The average molecular weight is 391 g/mol. The highest BCUT2D eigenvalue weighted by atomic mass is 35.5. The lowest BCUT2D eigenvalue weighted by atomic mass is 10.1. The molecule has 12 heteroatoms. The molecule has 0 saturated carbocycles. The van der Waals surface area contributed by atoms with Crippen molar-refractivity contribution in [1.82, 2.24) is 4.98 Å². The molecule has 2 rings (SSSR count). The first kappa shape index (κ1) is 19.4. The number of hydrogen-bond acceptors (Lipinski definition) is 6. The van der Waals surface area contributed by atoms with E-state index in [0.29, 0.717) is 5.56 Å². The van der Waals surface area contributed by atoms with Crippen molar-refractivity contribution in [3.63, 3.8) is 0 Å². The molecule has 138 valence electrons. The van der Waals surface area contributed by atoms with E-state index in [0.717, 1.165) is 5.56 Å². The fourth-order valence-corrected chi connectivity index (χ4v) is 2.57. The van der Waals surface area contributed by atoms with Gasteiger partial charge in [0, 0.05) is 12.3 Å². The molecule has 0 atom stereocenters. The SMILES string of the molecule is Cc1cnc(Nc2c([N+](=O)[O-])cc(C(F)(F)F)c(Cl)c2[N+](=O)[O-])c(C)c1. The first-order chi connectivity index (χ1) is 11.9. The molecule has 0 amide bonds. The number of benzene rings is 1. The molecule has 0 fully saturated rings. The number of alkyl halides is 3. The van der Waals surface area contributed by atoms with Crippen LogP contribution >= 0.6 is 11.6 Å². The van der Waals surface area contributed by atoms with E-state index < -0.39 is 43.7 Å². The molecule has 0 radical (unpaired) electrons. The molecule has 2 aromatic rings. The van der Waals surface area contributed by atoms with Crippen LogP contribution in [0.1, 0.15) is 16.7 Å². The van der Waals surface area contributed by atoms with Crippen LogP contribution in [0.3, 0.4) is 0 Å². The predicted molar refractivity (Wildman–Crippen MR) is 86.8 cm³/mol. The zero-order chi connectivity index (χ0) is 19.8. The van der Waals surface area contributed by atoms with Crippen molar-refractivity contribution in [2.24, 2.45) is 0 Å². The van der Waals surface area contributed by atoms with Crippen molar-refractivity contribution in [1.29, 1.82) is 0 Å². The molecule has 1 aromatic carbocycles. The molecule has 0 aliphatic heterocycles. The summed E-state index contributed by atoms with van der Waals surface area (Å²) in [6, 6.07) is 1.79. The molecule has 8 nitrogen and oxygen atoms in total. The molecule has 0 spiro atoms. The maximum atomic E-state index is 13.0. The number of halogens is 4. The van der Waals surface area contributed by atoms with Crippen LogP contribution in [0.15, 0.2) is 18.3 Å². The number of nitro groups is 2. The van der Waals surface area contributed by atoms with Gasteiger partial charge < -0.3 is 5.32 Å². The molecule has 0 bridgehead atoms. The topological polar surface area (TPSA) is 111 Å². The first-order valence-corrected chi connectivity index (χ1v) is 7.24. The number of aromatic nitrogens is 1. The first-order valence-electron chi connectivity index (χ1n) is 6.86. The number of hydrogen-bond donors (Lipinski definition) is 1. The van der Waals surface area contributed by atoms with Crippen molar-refractivity contribution < 1.29 is 23.0 Å². The van der Waals surface area contributed by atoms with Crippen molar-refractivity contribution in [2.45, 2.75) is 20.0 Å². The van der Waals surface area contributed by atoms with Crippen LogP contribution in [0.4, 0.5) is 36.1 Å². The van der Waals surface area contributed by atoms with E-state index in [9.17, 15) is 33.4 Å². The van der Waals surface area contributed by atoms with Crippen LogP contribution in [0.2, 0.25) is 5.02 Å². The molecule has 1 N–H and O–H groups in total. The third-order valence-corrected chi connectivity index (χ3v) is 3.74. The summed E-state index contributed by atoms with van der Waals surface area (Å²) in [6.07, 6.45) is -3.72. The van der Waals surface area contributed by atoms with Gasteiger partial charge in [0.25, 0.3) is 0 Å². The van der Waals surface area contributed by atoms with Crippen molar-refractivity contribution in [3.8, 4) is 0 Å². The van der Waals surface area contributed by atoms with E-state index in [1.165, 1.54) is 6.20 Å². The third-order valence-electron chi connectivity index (χ3n) is 3.36. The number of rotatable bonds is 4. The number of pyridine rings is 1. The van der Waals surface area contributed by atoms with Crippen LogP contribution < -0.4 is 5.32 Å². The molecule has 1 heterocycles. The van der Waals surface area contributed by atoms with E-state index >= 15 is 0 Å². The van der Waals surface area contributed by atoms with E-state index in [-0.39, 0.29) is 11.9 Å². The Balaban J connectivity index is 2.80. The lowest BCUT2D eigenvalue weighted by Gasteiger charge is -2.14. The summed E-state index contributed by atoms with van der Waals surface area (Å²) >= 11 is 5.56. The van der Waals surface area contributed by atoms with Crippen LogP contribution in [-0.2, 0) is 6.18 Å². The molecule has 1 aromatic heterocycles. The fraction of sp³-hybridized carbons (Fsp3) is 0.214. The quantitative estimate of drug-likeness (QED) is 0.585. The van der Waals surface area contributed by atoms with Crippen LogP contribution in [0.5, 0.6) is 0 Å². The molecule has 0 unspecified atom stereocenters. The Hall–Kier alpha value is -2.95. The zero-order valence-corrected chi connectivity index (χ0v) is 14.0. The number of nitro benzene ring substituents is 2. The standard InChI is InChI=1S/C14H10ClF3N4O4/c1-6-3-7(2)13(19-5-6)20-11-9(21(23)24)4-8(14(16,17)18)10(15)12(11)22(25)26/h3-5H,1-2H3,(H,19,20). The minimum absolute atomic E-state index is 0.0117. The van der Waals surface area contributed by atoms with Gasteiger partial charge in [-0.25, -0.2) is 4.98 Å². The number of anilines is 2. The second kappa shape index (κ2) is 6.75. The maximum absolute atomic E-state index is 13.0. The van der Waals surface area contributed by atoms with Gasteiger partial charge in [-0.05, 0) is 25.0 Å². The molecule has 26 heavy (non-hydrogen) atoms. The summed E-state index contributed by atoms with van der Waals surface area (Å²) < 4.78 is 39.1. The summed E-state index contributed by atoms with van der Waals surface area (Å²) in [5.41, 5.74) is -3.62. The van der Waals surface area contributed by atoms with Gasteiger partial charge in [0.1, 0.15) is 10.8 Å². The summed E-state index contributed by atoms with van der Waals surface area (Å²) in [5.74, 6) is 0.0117. The highest BCUT2D eigenvalue weighted by Gasteiger charge is 2.42. The molecular formula is C14H10ClF3N4O4. The Kier molecular flexibility index (Phi) is 5.03. The van der Waals surface area contributed by atoms with Crippen molar-refractivity contribution in [3.05, 3.63) is 60.3 Å². The largest absolute Gasteiger partial charge is 0.418 e.